The highest BCUT2D eigenvalue weighted by atomic mass is 127. The minimum absolute atomic E-state index is 0. The topological polar surface area (TPSA) is 103 Å². The number of rotatable bonds is 7. The first-order valence-electron chi connectivity index (χ1n) is 9.30. The van der Waals surface area contributed by atoms with Crippen molar-refractivity contribution in [2.45, 2.75) is 51.2 Å². The lowest BCUT2D eigenvalue weighted by atomic mass is 10.1. The van der Waals surface area contributed by atoms with Crippen molar-refractivity contribution in [3.05, 3.63) is 0 Å². The Balaban J connectivity index is 0.00000338. The van der Waals surface area contributed by atoms with Crippen molar-refractivity contribution in [3.63, 3.8) is 0 Å². The minimum atomic E-state index is -3.35. The summed E-state index contributed by atoms with van der Waals surface area (Å²) in [5, 5.41) is 12.8. The van der Waals surface area contributed by atoms with E-state index < -0.39 is 10.0 Å². The molecule has 0 aromatic carbocycles. The van der Waals surface area contributed by atoms with Crippen molar-refractivity contribution in [1.29, 1.82) is 0 Å². The summed E-state index contributed by atoms with van der Waals surface area (Å²) in [7, 11) is -3.35. The highest BCUT2D eigenvalue weighted by molar-refractivity contribution is 14.0. The molecule has 0 saturated carbocycles. The van der Waals surface area contributed by atoms with Gasteiger partial charge in [0.05, 0.1) is 24.5 Å². The summed E-state index contributed by atoms with van der Waals surface area (Å²) in [6.07, 6.45) is 4.23. The van der Waals surface area contributed by atoms with E-state index in [1.54, 1.807) is 0 Å². The van der Waals surface area contributed by atoms with Crippen molar-refractivity contribution in [3.8, 4) is 0 Å². The first-order valence-corrected chi connectivity index (χ1v) is 11.0. The summed E-state index contributed by atoms with van der Waals surface area (Å²) < 4.78 is 32.4. The van der Waals surface area contributed by atoms with E-state index in [1.165, 1.54) is 0 Å². The molecule has 0 aromatic rings. The van der Waals surface area contributed by atoms with Crippen LogP contribution in [0.2, 0.25) is 0 Å². The Kier molecular flexibility index (Phi) is 11.3. The third kappa shape index (κ3) is 8.68. The van der Waals surface area contributed by atoms with Crippen LogP contribution in [-0.4, -0.2) is 81.7 Å². The van der Waals surface area contributed by atoms with Gasteiger partial charge in [-0.3, -0.25) is 4.99 Å². The van der Waals surface area contributed by atoms with Gasteiger partial charge in [0.2, 0.25) is 10.0 Å². The molecule has 10 heteroatoms. The van der Waals surface area contributed by atoms with Crippen LogP contribution in [0.3, 0.4) is 0 Å². The molecule has 0 aromatic heterocycles. The normalized spacial score (nSPS) is 22.8. The van der Waals surface area contributed by atoms with E-state index >= 15 is 0 Å². The average molecular weight is 504 g/mol. The number of nitrogens with zero attached hydrogens (tertiary/aromatic N) is 2. The molecule has 2 rings (SSSR count). The van der Waals surface area contributed by atoms with Crippen LogP contribution in [0.4, 0.5) is 0 Å². The van der Waals surface area contributed by atoms with Crippen LogP contribution in [0.25, 0.3) is 0 Å². The van der Waals surface area contributed by atoms with Crippen LogP contribution in [0.5, 0.6) is 0 Å². The van der Waals surface area contributed by atoms with Gasteiger partial charge in [-0.05, 0) is 39.0 Å². The van der Waals surface area contributed by atoms with E-state index in [1.807, 2.05) is 6.92 Å². The Bertz CT molecular complexity index is 518. The van der Waals surface area contributed by atoms with Gasteiger partial charge in [0.25, 0.3) is 0 Å². The Labute approximate surface area is 174 Å². The number of ether oxygens (including phenoxy) is 1. The van der Waals surface area contributed by atoms with E-state index in [-0.39, 0.29) is 48.5 Å². The molecule has 1 unspecified atom stereocenters. The van der Waals surface area contributed by atoms with E-state index in [9.17, 15) is 13.5 Å². The van der Waals surface area contributed by atoms with Gasteiger partial charge in [0.1, 0.15) is 0 Å². The summed E-state index contributed by atoms with van der Waals surface area (Å²) in [5.41, 5.74) is 0. The predicted molar refractivity (Wildman–Crippen MR) is 114 cm³/mol. The first kappa shape index (κ1) is 23.9. The van der Waals surface area contributed by atoms with Gasteiger partial charge >= 0.3 is 0 Å². The molecule has 2 saturated heterocycles. The van der Waals surface area contributed by atoms with Gasteiger partial charge < -0.3 is 20.1 Å². The molecule has 2 aliphatic rings. The fraction of sp³-hybridized carbons (Fsp3) is 0.938. The number of hydrogen-bond donors (Lipinski definition) is 3. The number of sulfonamides is 1. The summed E-state index contributed by atoms with van der Waals surface area (Å²) in [6, 6.07) is 0. The SMILES string of the molecule is CCNC(=NCCS(=O)(=O)NCC1CCCCO1)N1CCC(O)CC1.I. The number of nitrogens with one attached hydrogen (secondary N) is 2. The van der Waals surface area contributed by atoms with Crippen LogP contribution in [0.1, 0.15) is 39.0 Å². The lowest BCUT2D eigenvalue weighted by Gasteiger charge is -2.32. The summed E-state index contributed by atoms with van der Waals surface area (Å²) in [6.45, 7) is 5.44. The Morgan fingerprint density at radius 3 is 2.62 bits per heavy atom. The number of piperidine rings is 1. The maximum Gasteiger partial charge on any atom is 0.213 e. The largest absolute Gasteiger partial charge is 0.393 e. The fourth-order valence-corrected chi connectivity index (χ4v) is 3.95. The molecule has 0 bridgehead atoms. The third-order valence-electron chi connectivity index (χ3n) is 4.53. The molecule has 1 atom stereocenters. The van der Waals surface area contributed by atoms with Crippen LogP contribution in [0, 0.1) is 0 Å². The number of likely N-dealkylation sites (tertiary alicyclic amines) is 1. The molecular formula is C16H33IN4O4S. The van der Waals surface area contributed by atoms with Crippen LogP contribution in [0.15, 0.2) is 4.99 Å². The van der Waals surface area contributed by atoms with Crippen molar-refractivity contribution in [2.24, 2.45) is 4.99 Å². The minimum Gasteiger partial charge on any atom is -0.393 e. The maximum atomic E-state index is 12.1. The van der Waals surface area contributed by atoms with Gasteiger partial charge in [-0.15, -0.1) is 24.0 Å². The van der Waals surface area contributed by atoms with Gasteiger partial charge in [-0.2, -0.15) is 0 Å². The Morgan fingerprint density at radius 1 is 1.27 bits per heavy atom. The standard InChI is InChI=1S/C16H32N4O4S.HI/c1-2-17-16(20-9-6-14(21)7-10-20)18-8-12-25(22,23)19-13-15-5-3-4-11-24-15;/h14-15,19,21H,2-13H2,1H3,(H,17,18);1H. The zero-order valence-corrected chi connectivity index (χ0v) is 18.7. The molecule has 8 nitrogen and oxygen atoms in total. The quantitative estimate of drug-likeness (QED) is 0.266. The molecule has 2 fully saturated rings. The molecule has 0 radical (unpaired) electrons. The first-order chi connectivity index (χ1) is 12.0. The van der Waals surface area contributed by atoms with Gasteiger partial charge in [-0.1, -0.05) is 0 Å². The van der Waals surface area contributed by atoms with Gasteiger partial charge in [0.15, 0.2) is 5.96 Å². The molecule has 3 N–H and O–H groups in total. The molecule has 0 spiro atoms. The van der Waals surface area contributed by atoms with E-state index in [0.29, 0.717) is 26.0 Å². The van der Waals surface area contributed by atoms with Crippen molar-refractivity contribution < 1.29 is 18.3 Å². The van der Waals surface area contributed by atoms with Gasteiger partial charge in [-0.25, -0.2) is 13.1 Å². The fourth-order valence-electron chi connectivity index (χ4n) is 3.04. The molecule has 2 heterocycles. The maximum absolute atomic E-state index is 12.1. The predicted octanol–water partition coefficient (Wildman–Crippen LogP) is 0.515. The van der Waals surface area contributed by atoms with Crippen LogP contribution >= 0.6 is 24.0 Å². The third-order valence-corrected chi connectivity index (χ3v) is 5.85. The highest BCUT2D eigenvalue weighted by Crippen LogP contribution is 2.12. The van der Waals surface area contributed by atoms with Crippen molar-refractivity contribution in [1.82, 2.24) is 14.9 Å². The zero-order valence-electron chi connectivity index (χ0n) is 15.5. The Morgan fingerprint density at radius 2 is 2.00 bits per heavy atom. The second-order valence-electron chi connectivity index (χ2n) is 6.61. The van der Waals surface area contributed by atoms with E-state index in [4.69, 9.17) is 4.74 Å². The second kappa shape index (κ2) is 12.3. The second-order valence-corrected chi connectivity index (χ2v) is 8.54. The number of guanidine groups is 1. The highest BCUT2D eigenvalue weighted by Gasteiger charge is 2.20. The van der Waals surface area contributed by atoms with Gasteiger partial charge in [0, 0.05) is 32.8 Å². The van der Waals surface area contributed by atoms with E-state index in [2.05, 4.69) is 19.9 Å². The van der Waals surface area contributed by atoms with E-state index in [0.717, 1.165) is 44.9 Å². The monoisotopic (exact) mass is 504 g/mol. The lowest BCUT2D eigenvalue weighted by Crippen LogP contribution is -2.46. The number of aliphatic hydroxyl groups excluding tert-OH is 1. The summed E-state index contributed by atoms with van der Waals surface area (Å²) in [4.78, 5) is 6.52. The summed E-state index contributed by atoms with van der Waals surface area (Å²) >= 11 is 0. The lowest BCUT2D eigenvalue weighted by molar-refractivity contribution is 0.0200. The molecule has 0 amide bonds. The number of halogens is 1. The molecular weight excluding hydrogens is 471 g/mol. The van der Waals surface area contributed by atoms with Crippen LogP contribution in [-0.2, 0) is 14.8 Å². The molecule has 154 valence electrons. The van der Waals surface area contributed by atoms with Crippen molar-refractivity contribution >= 4 is 40.0 Å². The zero-order chi connectivity index (χ0) is 18.1. The average Bonchev–Trinajstić information content (AvgIpc) is 2.61. The molecule has 26 heavy (non-hydrogen) atoms. The number of aliphatic hydroxyl groups is 1. The molecule has 2 aliphatic heterocycles. The van der Waals surface area contributed by atoms with Crippen molar-refractivity contribution in [2.75, 3.05) is 45.1 Å². The molecule has 0 aliphatic carbocycles. The number of aliphatic imine (C=N–C) groups is 1. The summed E-state index contributed by atoms with van der Waals surface area (Å²) in [5.74, 6) is 0.686. The number of hydrogen-bond acceptors (Lipinski definition) is 5. The van der Waals surface area contributed by atoms with Crippen LogP contribution < -0.4 is 10.0 Å². The smallest absolute Gasteiger partial charge is 0.213 e. The Hall–Kier alpha value is -0.170.